The highest BCUT2D eigenvalue weighted by Crippen LogP contribution is 2.32. The van der Waals surface area contributed by atoms with Crippen molar-refractivity contribution in [2.24, 2.45) is 0 Å². The van der Waals surface area contributed by atoms with Crippen LogP contribution in [-0.2, 0) is 6.54 Å². The Bertz CT molecular complexity index is 775. The minimum absolute atomic E-state index is 0.670. The summed E-state index contributed by atoms with van der Waals surface area (Å²) in [5.74, 6) is 0.874. The molecule has 0 saturated heterocycles. The van der Waals surface area contributed by atoms with E-state index in [9.17, 15) is 0 Å². The summed E-state index contributed by atoms with van der Waals surface area (Å²) in [6.07, 6.45) is 0.948. The van der Waals surface area contributed by atoms with Crippen LogP contribution in [0.2, 0.25) is 5.02 Å². The summed E-state index contributed by atoms with van der Waals surface area (Å²) in [6, 6.07) is 26.4. The maximum absolute atomic E-state index is 6.16. The van der Waals surface area contributed by atoms with Crippen LogP contribution in [-0.4, -0.2) is 13.2 Å². The number of nitrogens with one attached hydrogen (secondary N) is 1. The van der Waals surface area contributed by atoms with Gasteiger partial charge in [-0.15, -0.1) is 0 Å². The summed E-state index contributed by atoms with van der Waals surface area (Å²) in [5.41, 5.74) is 3.44. The molecule has 0 amide bonds. The zero-order valence-corrected chi connectivity index (χ0v) is 14.9. The van der Waals surface area contributed by atoms with Crippen LogP contribution in [0.3, 0.4) is 0 Å². The SMILES string of the molecule is Clc1ccc(OCCCNCc2ccccc2)c(-c2ccccc2)c1. The van der Waals surface area contributed by atoms with Crippen LogP contribution < -0.4 is 10.1 Å². The highest BCUT2D eigenvalue weighted by Gasteiger charge is 2.07. The fourth-order valence-corrected chi connectivity index (χ4v) is 2.85. The lowest BCUT2D eigenvalue weighted by Crippen LogP contribution is -2.17. The Morgan fingerprint density at radius 1 is 0.840 bits per heavy atom. The van der Waals surface area contributed by atoms with Crippen LogP contribution in [0.15, 0.2) is 78.9 Å². The van der Waals surface area contributed by atoms with Crippen molar-refractivity contribution < 1.29 is 4.74 Å². The molecule has 0 saturated carbocycles. The molecule has 0 spiro atoms. The van der Waals surface area contributed by atoms with Crippen molar-refractivity contribution in [1.82, 2.24) is 5.32 Å². The van der Waals surface area contributed by atoms with Crippen molar-refractivity contribution in [2.75, 3.05) is 13.2 Å². The molecule has 2 nitrogen and oxygen atoms in total. The molecule has 25 heavy (non-hydrogen) atoms. The number of benzene rings is 3. The first-order valence-electron chi connectivity index (χ1n) is 8.55. The Hall–Kier alpha value is -2.29. The maximum atomic E-state index is 6.16. The third-order valence-corrected chi connectivity index (χ3v) is 4.19. The van der Waals surface area contributed by atoms with Gasteiger partial charge in [-0.05, 0) is 42.3 Å². The average molecular weight is 352 g/mol. The molecule has 0 heterocycles. The van der Waals surface area contributed by atoms with E-state index in [1.807, 2.05) is 42.5 Å². The Morgan fingerprint density at radius 3 is 2.32 bits per heavy atom. The molecule has 128 valence electrons. The number of hydrogen-bond acceptors (Lipinski definition) is 2. The van der Waals surface area contributed by atoms with Gasteiger partial charge in [0.1, 0.15) is 5.75 Å². The highest BCUT2D eigenvalue weighted by molar-refractivity contribution is 6.31. The third kappa shape index (κ3) is 5.35. The molecule has 3 aromatic carbocycles. The van der Waals surface area contributed by atoms with E-state index in [-0.39, 0.29) is 0 Å². The second-order valence-electron chi connectivity index (χ2n) is 5.87. The van der Waals surface area contributed by atoms with Gasteiger partial charge in [-0.3, -0.25) is 0 Å². The van der Waals surface area contributed by atoms with Gasteiger partial charge in [0.25, 0.3) is 0 Å². The molecule has 3 rings (SSSR count). The van der Waals surface area contributed by atoms with E-state index < -0.39 is 0 Å². The van der Waals surface area contributed by atoms with Crippen molar-refractivity contribution >= 4 is 11.6 Å². The van der Waals surface area contributed by atoms with E-state index in [0.717, 1.165) is 41.4 Å². The van der Waals surface area contributed by atoms with Crippen molar-refractivity contribution in [3.05, 3.63) is 89.4 Å². The Morgan fingerprint density at radius 2 is 1.56 bits per heavy atom. The minimum Gasteiger partial charge on any atom is -0.493 e. The van der Waals surface area contributed by atoms with Crippen LogP contribution in [0.1, 0.15) is 12.0 Å². The van der Waals surface area contributed by atoms with Gasteiger partial charge < -0.3 is 10.1 Å². The second kappa shape index (κ2) is 9.26. The van der Waals surface area contributed by atoms with Gasteiger partial charge in [0, 0.05) is 17.1 Å². The van der Waals surface area contributed by atoms with Gasteiger partial charge in [0.2, 0.25) is 0 Å². The summed E-state index contributed by atoms with van der Waals surface area (Å²) in [5, 5.41) is 4.16. The van der Waals surface area contributed by atoms with E-state index in [1.54, 1.807) is 0 Å². The summed E-state index contributed by atoms with van der Waals surface area (Å²) in [6.45, 7) is 2.48. The van der Waals surface area contributed by atoms with Crippen LogP contribution >= 0.6 is 11.6 Å². The number of hydrogen-bond donors (Lipinski definition) is 1. The number of rotatable bonds is 8. The van der Waals surface area contributed by atoms with E-state index in [2.05, 4.69) is 41.7 Å². The van der Waals surface area contributed by atoms with Crippen LogP contribution in [0.4, 0.5) is 0 Å². The molecule has 0 radical (unpaired) electrons. The van der Waals surface area contributed by atoms with Crippen molar-refractivity contribution in [3.63, 3.8) is 0 Å². The topological polar surface area (TPSA) is 21.3 Å². The Kier molecular flexibility index (Phi) is 6.49. The molecular weight excluding hydrogens is 330 g/mol. The highest BCUT2D eigenvalue weighted by atomic mass is 35.5. The normalized spacial score (nSPS) is 10.6. The Labute approximate surface area is 154 Å². The molecule has 0 aliphatic heterocycles. The fourth-order valence-electron chi connectivity index (χ4n) is 2.68. The predicted octanol–water partition coefficient (Wildman–Crippen LogP) is 5.57. The molecule has 3 heteroatoms. The van der Waals surface area contributed by atoms with Gasteiger partial charge in [-0.1, -0.05) is 72.3 Å². The monoisotopic (exact) mass is 351 g/mol. The van der Waals surface area contributed by atoms with Gasteiger partial charge in [0.05, 0.1) is 6.61 Å². The first-order chi connectivity index (χ1) is 12.3. The zero-order chi connectivity index (χ0) is 17.3. The first kappa shape index (κ1) is 17.5. The van der Waals surface area contributed by atoms with Gasteiger partial charge in [0.15, 0.2) is 0 Å². The van der Waals surface area contributed by atoms with Crippen LogP contribution in [0.5, 0.6) is 5.75 Å². The van der Waals surface area contributed by atoms with E-state index >= 15 is 0 Å². The smallest absolute Gasteiger partial charge is 0.127 e. The largest absolute Gasteiger partial charge is 0.493 e. The van der Waals surface area contributed by atoms with E-state index in [0.29, 0.717) is 6.61 Å². The molecule has 3 aromatic rings. The molecule has 1 N–H and O–H groups in total. The lowest BCUT2D eigenvalue weighted by atomic mass is 10.0. The number of halogens is 1. The molecule has 0 bridgehead atoms. The number of ether oxygens (including phenoxy) is 1. The van der Waals surface area contributed by atoms with Gasteiger partial charge >= 0.3 is 0 Å². The standard InChI is InChI=1S/C22H22ClNO/c23-20-12-13-22(21(16-20)19-10-5-2-6-11-19)25-15-7-14-24-17-18-8-3-1-4-9-18/h1-6,8-13,16,24H,7,14-15,17H2. The van der Waals surface area contributed by atoms with Gasteiger partial charge in [-0.2, -0.15) is 0 Å². The molecule has 0 fully saturated rings. The second-order valence-corrected chi connectivity index (χ2v) is 6.31. The summed E-state index contributed by atoms with van der Waals surface area (Å²) < 4.78 is 6.00. The summed E-state index contributed by atoms with van der Waals surface area (Å²) >= 11 is 6.16. The van der Waals surface area contributed by atoms with E-state index in [1.165, 1.54) is 5.56 Å². The lowest BCUT2D eigenvalue weighted by Gasteiger charge is -2.12. The van der Waals surface area contributed by atoms with Gasteiger partial charge in [-0.25, -0.2) is 0 Å². The lowest BCUT2D eigenvalue weighted by molar-refractivity contribution is 0.309. The van der Waals surface area contributed by atoms with Crippen LogP contribution in [0, 0.1) is 0 Å². The first-order valence-corrected chi connectivity index (χ1v) is 8.93. The maximum Gasteiger partial charge on any atom is 0.127 e. The predicted molar refractivity (Wildman–Crippen MR) is 105 cm³/mol. The minimum atomic E-state index is 0.670. The van der Waals surface area contributed by atoms with Crippen molar-refractivity contribution in [3.8, 4) is 16.9 Å². The molecule has 0 atom stereocenters. The summed E-state index contributed by atoms with van der Waals surface area (Å²) in [4.78, 5) is 0. The average Bonchev–Trinajstić information content (AvgIpc) is 2.67. The molecular formula is C22H22ClNO. The Balaban J connectivity index is 1.50. The fraction of sp³-hybridized carbons (Fsp3) is 0.182. The molecule has 0 unspecified atom stereocenters. The summed E-state index contributed by atoms with van der Waals surface area (Å²) in [7, 11) is 0. The van der Waals surface area contributed by atoms with Crippen LogP contribution in [0.25, 0.3) is 11.1 Å². The molecule has 0 aliphatic carbocycles. The third-order valence-electron chi connectivity index (χ3n) is 3.95. The quantitative estimate of drug-likeness (QED) is 0.536. The van der Waals surface area contributed by atoms with Crippen molar-refractivity contribution in [2.45, 2.75) is 13.0 Å². The van der Waals surface area contributed by atoms with E-state index in [4.69, 9.17) is 16.3 Å². The molecule has 0 aromatic heterocycles. The molecule has 0 aliphatic rings. The van der Waals surface area contributed by atoms with Crippen molar-refractivity contribution in [1.29, 1.82) is 0 Å². The zero-order valence-electron chi connectivity index (χ0n) is 14.1.